The highest BCUT2D eigenvalue weighted by atomic mass is 16.2. The molecule has 5 nitrogen and oxygen atoms in total. The molecule has 4 rings (SSSR count). The Kier molecular flexibility index (Phi) is 5.38. The fraction of sp³-hybridized carbons (Fsp3) is 0.333. The van der Waals surface area contributed by atoms with E-state index < -0.39 is 0 Å². The molecule has 0 spiro atoms. The van der Waals surface area contributed by atoms with Crippen molar-refractivity contribution in [2.75, 3.05) is 13.6 Å². The SMILES string of the molecule is CCNC(=O)[C@H]1CC[C@@H](N(C)C(=O)c2ccc(-c3cc4ccccc4[nH]3)cc2)C1. The van der Waals surface area contributed by atoms with Gasteiger partial charge in [0.1, 0.15) is 0 Å². The number of nitrogens with zero attached hydrogens (tertiary/aromatic N) is 1. The second kappa shape index (κ2) is 8.11. The van der Waals surface area contributed by atoms with Crippen LogP contribution in [0.5, 0.6) is 0 Å². The number of amides is 2. The van der Waals surface area contributed by atoms with Gasteiger partial charge in [0.2, 0.25) is 5.91 Å². The summed E-state index contributed by atoms with van der Waals surface area (Å²) in [4.78, 5) is 30.2. The molecule has 3 aromatic rings. The molecule has 0 bridgehead atoms. The van der Waals surface area contributed by atoms with Crippen LogP contribution < -0.4 is 5.32 Å². The van der Waals surface area contributed by atoms with Crippen LogP contribution in [0.25, 0.3) is 22.2 Å². The summed E-state index contributed by atoms with van der Waals surface area (Å²) in [7, 11) is 1.85. The Morgan fingerprint density at radius 3 is 2.59 bits per heavy atom. The van der Waals surface area contributed by atoms with Crippen molar-refractivity contribution in [1.82, 2.24) is 15.2 Å². The van der Waals surface area contributed by atoms with Crippen molar-refractivity contribution in [2.24, 2.45) is 5.92 Å². The molecule has 0 aliphatic heterocycles. The summed E-state index contributed by atoms with van der Waals surface area (Å²) in [5.74, 6) is 0.132. The van der Waals surface area contributed by atoms with Gasteiger partial charge in [0.15, 0.2) is 0 Å². The number of aromatic amines is 1. The van der Waals surface area contributed by atoms with Crippen LogP contribution in [0.1, 0.15) is 36.5 Å². The van der Waals surface area contributed by atoms with Gasteiger partial charge in [-0.2, -0.15) is 0 Å². The first-order valence-corrected chi connectivity index (χ1v) is 10.3. The number of hydrogen-bond donors (Lipinski definition) is 2. The predicted octanol–water partition coefficient (Wildman–Crippen LogP) is 4.21. The number of H-pyrrole nitrogens is 1. The van der Waals surface area contributed by atoms with E-state index in [1.54, 1.807) is 4.90 Å². The van der Waals surface area contributed by atoms with Gasteiger partial charge in [-0.3, -0.25) is 9.59 Å². The van der Waals surface area contributed by atoms with Crippen molar-refractivity contribution < 1.29 is 9.59 Å². The van der Waals surface area contributed by atoms with Crippen LogP contribution in [0, 0.1) is 5.92 Å². The minimum Gasteiger partial charge on any atom is -0.356 e. The Bertz CT molecular complexity index is 989. The molecule has 0 unspecified atom stereocenters. The van der Waals surface area contributed by atoms with Gasteiger partial charge in [0, 0.05) is 47.7 Å². The number of para-hydroxylation sites is 1. The van der Waals surface area contributed by atoms with Crippen molar-refractivity contribution >= 4 is 22.7 Å². The zero-order valence-electron chi connectivity index (χ0n) is 16.9. The quantitative estimate of drug-likeness (QED) is 0.686. The van der Waals surface area contributed by atoms with E-state index in [1.807, 2.05) is 50.4 Å². The maximum absolute atomic E-state index is 12.9. The normalized spacial score (nSPS) is 18.7. The van der Waals surface area contributed by atoms with Crippen LogP contribution in [0.2, 0.25) is 0 Å². The first kappa shape index (κ1) is 19.2. The molecule has 1 aliphatic carbocycles. The molecule has 5 heteroatoms. The summed E-state index contributed by atoms with van der Waals surface area (Å²) < 4.78 is 0. The molecule has 1 saturated carbocycles. The molecule has 29 heavy (non-hydrogen) atoms. The van der Waals surface area contributed by atoms with E-state index >= 15 is 0 Å². The standard InChI is InChI=1S/C24H27N3O2/c1-3-25-23(28)19-12-13-20(14-19)27(2)24(29)17-10-8-16(9-11-17)22-15-18-6-4-5-7-21(18)26-22/h4-11,15,19-20,26H,3,12-14H2,1-2H3,(H,25,28)/t19-,20+/m0/s1. The molecular weight excluding hydrogens is 362 g/mol. The first-order chi connectivity index (χ1) is 14.1. The van der Waals surface area contributed by atoms with E-state index in [9.17, 15) is 9.59 Å². The fourth-order valence-corrected chi connectivity index (χ4v) is 4.26. The zero-order valence-corrected chi connectivity index (χ0v) is 16.9. The highest BCUT2D eigenvalue weighted by molar-refractivity contribution is 5.95. The Morgan fingerprint density at radius 1 is 1.10 bits per heavy atom. The Balaban J connectivity index is 1.44. The number of carbonyl (C=O) groups excluding carboxylic acids is 2. The van der Waals surface area contributed by atoms with Gasteiger partial charge >= 0.3 is 0 Å². The lowest BCUT2D eigenvalue weighted by Crippen LogP contribution is -2.36. The van der Waals surface area contributed by atoms with E-state index in [0.29, 0.717) is 12.1 Å². The van der Waals surface area contributed by atoms with Crippen LogP contribution in [0.4, 0.5) is 0 Å². The second-order valence-corrected chi connectivity index (χ2v) is 7.82. The molecule has 2 amide bonds. The van der Waals surface area contributed by atoms with E-state index in [4.69, 9.17) is 0 Å². The van der Waals surface area contributed by atoms with E-state index in [1.165, 1.54) is 5.39 Å². The van der Waals surface area contributed by atoms with Crippen molar-refractivity contribution in [3.05, 3.63) is 60.2 Å². The van der Waals surface area contributed by atoms with Crippen molar-refractivity contribution in [1.29, 1.82) is 0 Å². The molecule has 2 aromatic carbocycles. The van der Waals surface area contributed by atoms with Crippen molar-refractivity contribution in [2.45, 2.75) is 32.2 Å². The highest BCUT2D eigenvalue weighted by Gasteiger charge is 2.33. The fourth-order valence-electron chi connectivity index (χ4n) is 4.26. The average molecular weight is 389 g/mol. The van der Waals surface area contributed by atoms with Crippen LogP contribution in [-0.4, -0.2) is 41.3 Å². The smallest absolute Gasteiger partial charge is 0.253 e. The van der Waals surface area contributed by atoms with Gasteiger partial charge in [-0.1, -0.05) is 30.3 Å². The van der Waals surface area contributed by atoms with Crippen LogP contribution in [-0.2, 0) is 4.79 Å². The largest absolute Gasteiger partial charge is 0.356 e. The molecule has 1 aromatic heterocycles. The second-order valence-electron chi connectivity index (χ2n) is 7.82. The van der Waals surface area contributed by atoms with Crippen molar-refractivity contribution in [3.63, 3.8) is 0 Å². The summed E-state index contributed by atoms with van der Waals surface area (Å²) in [6.07, 6.45) is 2.45. The third kappa shape index (κ3) is 3.90. The molecule has 150 valence electrons. The minimum absolute atomic E-state index is 0.00902. The minimum atomic E-state index is 0.00902. The van der Waals surface area contributed by atoms with Crippen LogP contribution in [0.15, 0.2) is 54.6 Å². The van der Waals surface area contributed by atoms with Gasteiger partial charge in [-0.05, 0) is 56.0 Å². The number of fused-ring (bicyclic) bond motifs is 1. The lowest BCUT2D eigenvalue weighted by atomic mass is 10.1. The lowest BCUT2D eigenvalue weighted by Gasteiger charge is -2.25. The summed E-state index contributed by atoms with van der Waals surface area (Å²) in [5.41, 5.74) is 3.87. The van der Waals surface area contributed by atoms with Gasteiger partial charge in [0.05, 0.1) is 0 Å². The summed E-state index contributed by atoms with van der Waals surface area (Å²) in [6.45, 7) is 2.58. The average Bonchev–Trinajstić information content (AvgIpc) is 3.40. The predicted molar refractivity (Wildman–Crippen MR) is 116 cm³/mol. The van der Waals surface area contributed by atoms with Crippen LogP contribution in [0.3, 0.4) is 0 Å². The number of rotatable bonds is 5. The lowest BCUT2D eigenvalue weighted by molar-refractivity contribution is -0.124. The molecule has 1 heterocycles. The molecule has 1 aliphatic rings. The van der Waals surface area contributed by atoms with Crippen LogP contribution >= 0.6 is 0 Å². The Hall–Kier alpha value is -3.08. The summed E-state index contributed by atoms with van der Waals surface area (Å²) in [6, 6.07) is 18.2. The topological polar surface area (TPSA) is 65.2 Å². The molecule has 2 atom stereocenters. The third-order valence-corrected chi connectivity index (χ3v) is 5.97. The Morgan fingerprint density at radius 2 is 1.86 bits per heavy atom. The van der Waals surface area contributed by atoms with Gasteiger partial charge in [-0.15, -0.1) is 0 Å². The van der Waals surface area contributed by atoms with Gasteiger partial charge in [0.25, 0.3) is 5.91 Å². The molecule has 1 fully saturated rings. The first-order valence-electron chi connectivity index (χ1n) is 10.3. The van der Waals surface area contributed by atoms with E-state index in [2.05, 4.69) is 28.5 Å². The summed E-state index contributed by atoms with van der Waals surface area (Å²) >= 11 is 0. The molecule has 2 N–H and O–H groups in total. The molecule has 0 saturated heterocycles. The zero-order chi connectivity index (χ0) is 20.4. The number of nitrogens with one attached hydrogen (secondary N) is 2. The number of carbonyl (C=O) groups is 2. The van der Waals surface area contributed by atoms with E-state index in [0.717, 1.165) is 36.0 Å². The van der Waals surface area contributed by atoms with Gasteiger partial charge in [-0.25, -0.2) is 0 Å². The third-order valence-electron chi connectivity index (χ3n) is 5.97. The van der Waals surface area contributed by atoms with E-state index in [-0.39, 0.29) is 23.8 Å². The van der Waals surface area contributed by atoms with Gasteiger partial charge < -0.3 is 15.2 Å². The monoisotopic (exact) mass is 389 g/mol. The highest BCUT2D eigenvalue weighted by Crippen LogP contribution is 2.30. The molecule has 0 radical (unpaired) electrons. The number of benzene rings is 2. The molecular formula is C24H27N3O2. The van der Waals surface area contributed by atoms with Crippen molar-refractivity contribution in [3.8, 4) is 11.3 Å². The maximum atomic E-state index is 12.9. The Labute approximate surface area is 171 Å². The number of hydrogen-bond acceptors (Lipinski definition) is 2. The number of aromatic nitrogens is 1. The maximum Gasteiger partial charge on any atom is 0.253 e. The summed E-state index contributed by atoms with van der Waals surface area (Å²) in [5, 5.41) is 4.07.